The SMILES string of the molecule is CCCC(N)C(CO)SCCCOC. The average Bonchev–Trinajstić information content (AvgIpc) is 2.18. The molecule has 0 aromatic rings. The molecule has 0 saturated heterocycles. The van der Waals surface area contributed by atoms with Crippen molar-refractivity contribution < 1.29 is 9.84 Å². The lowest BCUT2D eigenvalue weighted by molar-refractivity contribution is 0.200. The Bertz CT molecular complexity index is 125. The lowest BCUT2D eigenvalue weighted by Gasteiger charge is -2.20. The quantitative estimate of drug-likeness (QED) is 0.575. The maximum atomic E-state index is 9.15. The third kappa shape index (κ3) is 6.65. The predicted octanol–water partition coefficient (Wildman–Crippen LogP) is 1.24. The second kappa shape index (κ2) is 9.77. The van der Waals surface area contributed by atoms with E-state index >= 15 is 0 Å². The number of methoxy groups -OCH3 is 1. The Morgan fingerprint density at radius 2 is 2.21 bits per heavy atom. The summed E-state index contributed by atoms with van der Waals surface area (Å²) in [7, 11) is 1.71. The fourth-order valence-corrected chi connectivity index (χ4v) is 2.34. The molecule has 2 atom stereocenters. The van der Waals surface area contributed by atoms with Crippen molar-refractivity contribution >= 4 is 11.8 Å². The third-order valence-corrected chi connectivity index (χ3v) is 3.56. The summed E-state index contributed by atoms with van der Waals surface area (Å²) < 4.78 is 4.96. The number of hydrogen-bond acceptors (Lipinski definition) is 4. The number of ether oxygens (including phenoxy) is 1. The van der Waals surface area contributed by atoms with Crippen molar-refractivity contribution in [1.82, 2.24) is 0 Å². The van der Waals surface area contributed by atoms with Gasteiger partial charge in [0.2, 0.25) is 0 Å². The van der Waals surface area contributed by atoms with Gasteiger partial charge in [0.15, 0.2) is 0 Å². The van der Waals surface area contributed by atoms with E-state index < -0.39 is 0 Å². The van der Waals surface area contributed by atoms with Gasteiger partial charge in [-0.2, -0.15) is 11.8 Å². The topological polar surface area (TPSA) is 55.5 Å². The van der Waals surface area contributed by atoms with Crippen molar-refractivity contribution in [1.29, 1.82) is 0 Å². The predicted molar refractivity (Wildman–Crippen MR) is 62.7 cm³/mol. The minimum absolute atomic E-state index is 0.123. The Hall–Kier alpha value is 0.230. The highest BCUT2D eigenvalue weighted by Gasteiger charge is 2.15. The monoisotopic (exact) mass is 221 g/mol. The first kappa shape index (κ1) is 14.2. The summed E-state index contributed by atoms with van der Waals surface area (Å²) in [6.45, 7) is 3.08. The summed E-state index contributed by atoms with van der Waals surface area (Å²) in [4.78, 5) is 0. The van der Waals surface area contributed by atoms with Gasteiger partial charge in [-0.1, -0.05) is 13.3 Å². The number of thioether (sulfide) groups is 1. The molecule has 0 aromatic heterocycles. The lowest BCUT2D eigenvalue weighted by atomic mass is 10.1. The number of hydrogen-bond donors (Lipinski definition) is 2. The van der Waals surface area contributed by atoms with E-state index in [0.29, 0.717) is 0 Å². The minimum atomic E-state index is 0.123. The molecule has 0 rings (SSSR count). The van der Waals surface area contributed by atoms with Crippen LogP contribution in [0.2, 0.25) is 0 Å². The van der Waals surface area contributed by atoms with Crippen LogP contribution in [-0.4, -0.2) is 42.5 Å². The van der Waals surface area contributed by atoms with Crippen molar-refractivity contribution in [3.05, 3.63) is 0 Å². The lowest BCUT2D eigenvalue weighted by Crippen LogP contribution is -2.35. The van der Waals surface area contributed by atoms with Crippen LogP contribution in [0.25, 0.3) is 0 Å². The molecule has 0 aliphatic rings. The van der Waals surface area contributed by atoms with Gasteiger partial charge in [-0.15, -0.1) is 0 Å². The van der Waals surface area contributed by atoms with E-state index in [4.69, 9.17) is 15.6 Å². The minimum Gasteiger partial charge on any atom is -0.395 e. The molecular weight excluding hydrogens is 198 g/mol. The highest BCUT2D eigenvalue weighted by atomic mass is 32.2. The molecule has 4 heteroatoms. The summed E-state index contributed by atoms with van der Waals surface area (Å²) in [5.74, 6) is 1.01. The van der Waals surface area contributed by atoms with E-state index in [0.717, 1.165) is 31.6 Å². The Morgan fingerprint density at radius 1 is 1.50 bits per heavy atom. The van der Waals surface area contributed by atoms with E-state index in [1.807, 2.05) is 0 Å². The Balaban J connectivity index is 3.56. The fraction of sp³-hybridized carbons (Fsp3) is 1.00. The van der Waals surface area contributed by atoms with Crippen LogP contribution in [0.5, 0.6) is 0 Å². The highest BCUT2D eigenvalue weighted by molar-refractivity contribution is 7.99. The molecule has 0 aliphatic heterocycles. The van der Waals surface area contributed by atoms with Gasteiger partial charge < -0.3 is 15.6 Å². The number of aliphatic hydroxyl groups excluding tert-OH is 1. The van der Waals surface area contributed by atoms with Gasteiger partial charge in [0.1, 0.15) is 0 Å². The van der Waals surface area contributed by atoms with Crippen LogP contribution in [0.15, 0.2) is 0 Å². The molecule has 2 unspecified atom stereocenters. The molecule has 86 valence electrons. The van der Waals surface area contributed by atoms with Crippen LogP contribution in [0.4, 0.5) is 0 Å². The summed E-state index contributed by atoms with van der Waals surface area (Å²) in [6.07, 6.45) is 3.09. The summed E-state index contributed by atoms with van der Waals surface area (Å²) >= 11 is 1.75. The van der Waals surface area contributed by atoms with E-state index in [1.165, 1.54) is 0 Å². The molecule has 0 spiro atoms. The van der Waals surface area contributed by atoms with Gasteiger partial charge in [0, 0.05) is 25.0 Å². The van der Waals surface area contributed by atoms with Crippen LogP contribution < -0.4 is 5.73 Å². The summed E-state index contributed by atoms with van der Waals surface area (Å²) in [6, 6.07) is 0.123. The molecular formula is C10H23NO2S. The van der Waals surface area contributed by atoms with Crippen molar-refractivity contribution in [2.24, 2.45) is 5.73 Å². The maximum absolute atomic E-state index is 9.15. The number of nitrogens with two attached hydrogens (primary N) is 1. The van der Waals surface area contributed by atoms with Crippen LogP contribution >= 0.6 is 11.8 Å². The number of aliphatic hydroxyl groups is 1. The van der Waals surface area contributed by atoms with Crippen molar-refractivity contribution in [3.8, 4) is 0 Å². The molecule has 0 bridgehead atoms. The van der Waals surface area contributed by atoms with Crippen molar-refractivity contribution in [2.45, 2.75) is 37.5 Å². The first-order valence-electron chi connectivity index (χ1n) is 5.23. The van der Waals surface area contributed by atoms with Crippen LogP contribution in [0, 0.1) is 0 Å². The van der Waals surface area contributed by atoms with Gasteiger partial charge in [-0.05, 0) is 18.6 Å². The molecule has 0 amide bonds. The van der Waals surface area contributed by atoms with E-state index in [1.54, 1.807) is 18.9 Å². The molecule has 0 aromatic carbocycles. The molecule has 0 saturated carbocycles. The average molecular weight is 221 g/mol. The first-order chi connectivity index (χ1) is 6.76. The Kier molecular flexibility index (Phi) is 9.93. The number of rotatable bonds is 9. The van der Waals surface area contributed by atoms with Crippen molar-refractivity contribution in [3.63, 3.8) is 0 Å². The normalized spacial score (nSPS) is 15.4. The maximum Gasteiger partial charge on any atom is 0.0565 e. The zero-order valence-corrected chi connectivity index (χ0v) is 10.1. The standard InChI is InChI=1S/C10H23NO2S/c1-3-5-9(11)10(8-12)14-7-4-6-13-2/h9-10,12H,3-8,11H2,1-2H3. The second-order valence-electron chi connectivity index (χ2n) is 3.39. The molecule has 0 heterocycles. The zero-order valence-electron chi connectivity index (χ0n) is 9.24. The molecule has 0 fully saturated rings. The second-order valence-corrected chi connectivity index (χ2v) is 4.74. The fourth-order valence-electron chi connectivity index (χ4n) is 1.27. The summed E-state index contributed by atoms with van der Waals surface area (Å²) in [5.41, 5.74) is 5.94. The molecule has 3 N–H and O–H groups in total. The Morgan fingerprint density at radius 3 is 2.71 bits per heavy atom. The van der Waals surface area contributed by atoms with Crippen LogP contribution in [-0.2, 0) is 4.74 Å². The zero-order chi connectivity index (χ0) is 10.8. The van der Waals surface area contributed by atoms with Gasteiger partial charge in [-0.3, -0.25) is 0 Å². The van der Waals surface area contributed by atoms with Gasteiger partial charge in [0.05, 0.1) is 6.61 Å². The Labute approximate surface area is 91.4 Å². The van der Waals surface area contributed by atoms with E-state index in [-0.39, 0.29) is 17.9 Å². The van der Waals surface area contributed by atoms with Crippen molar-refractivity contribution in [2.75, 3.05) is 26.1 Å². The third-order valence-electron chi connectivity index (χ3n) is 2.10. The molecule has 14 heavy (non-hydrogen) atoms. The first-order valence-corrected chi connectivity index (χ1v) is 6.28. The molecule has 3 nitrogen and oxygen atoms in total. The van der Waals surface area contributed by atoms with Gasteiger partial charge in [-0.25, -0.2) is 0 Å². The largest absolute Gasteiger partial charge is 0.395 e. The highest BCUT2D eigenvalue weighted by Crippen LogP contribution is 2.17. The smallest absolute Gasteiger partial charge is 0.0565 e. The van der Waals surface area contributed by atoms with Gasteiger partial charge >= 0.3 is 0 Å². The van der Waals surface area contributed by atoms with E-state index in [9.17, 15) is 0 Å². The molecule has 0 aliphatic carbocycles. The van der Waals surface area contributed by atoms with E-state index in [2.05, 4.69) is 6.92 Å². The van der Waals surface area contributed by atoms with Crippen LogP contribution in [0.3, 0.4) is 0 Å². The van der Waals surface area contributed by atoms with Gasteiger partial charge in [0.25, 0.3) is 0 Å². The molecule has 0 radical (unpaired) electrons. The summed E-state index contributed by atoms with van der Waals surface area (Å²) in [5, 5.41) is 9.33. The van der Waals surface area contributed by atoms with Crippen LogP contribution in [0.1, 0.15) is 26.2 Å².